The van der Waals surface area contributed by atoms with Crippen molar-refractivity contribution in [2.45, 2.75) is 30.6 Å². The van der Waals surface area contributed by atoms with Crippen LogP contribution in [0.25, 0.3) is 6.08 Å². The van der Waals surface area contributed by atoms with Gasteiger partial charge in [0, 0.05) is 42.2 Å². The van der Waals surface area contributed by atoms with E-state index < -0.39 is 6.04 Å². The van der Waals surface area contributed by atoms with Crippen molar-refractivity contribution in [3.8, 4) is 0 Å². The van der Waals surface area contributed by atoms with E-state index in [2.05, 4.69) is 14.9 Å². The molecule has 0 amide bonds. The van der Waals surface area contributed by atoms with Gasteiger partial charge in [-0.15, -0.1) is 12.4 Å². The van der Waals surface area contributed by atoms with Crippen LogP contribution in [0.2, 0.25) is 0 Å². The van der Waals surface area contributed by atoms with Gasteiger partial charge in [0.25, 0.3) is 0 Å². The zero-order chi connectivity index (χ0) is 18.8. The molecule has 2 atom stereocenters. The summed E-state index contributed by atoms with van der Waals surface area (Å²) in [7, 11) is 0. The molecular formula is C21H23ClFN3OS. The Labute approximate surface area is 176 Å². The van der Waals surface area contributed by atoms with E-state index in [1.54, 1.807) is 36.8 Å². The molecule has 1 saturated heterocycles. The Morgan fingerprint density at radius 3 is 2.71 bits per heavy atom. The summed E-state index contributed by atoms with van der Waals surface area (Å²) in [5.41, 5.74) is 2.32. The maximum atomic E-state index is 14.5. The highest BCUT2D eigenvalue weighted by Crippen LogP contribution is 2.39. The largest absolute Gasteiger partial charge is 0.297 e. The highest BCUT2D eigenvalue weighted by atomic mass is 35.5. The molecule has 4 rings (SSSR count). The van der Waals surface area contributed by atoms with Crippen LogP contribution in [0.1, 0.15) is 36.6 Å². The first kappa shape index (κ1) is 21.0. The van der Waals surface area contributed by atoms with Crippen molar-refractivity contribution in [2.75, 3.05) is 13.1 Å². The van der Waals surface area contributed by atoms with E-state index in [0.29, 0.717) is 18.7 Å². The molecule has 0 bridgehead atoms. The molecule has 0 radical (unpaired) electrons. The summed E-state index contributed by atoms with van der Waals surface area (Å²) in [6.45, 7) is 1.28. The van der Waals surface area contributed by atoms with E-state index >= 15 is 0 Å². The third-order valence-corrected chi connectivity index (χ3v) is 5.82. The highest BCUT2D eigenvalue weighted by Gasteiger charge is 2.40. The first-order valence-corrected chi connectivity index (χ1v) is 9.82. The van der Waals surface area contributed by atoms with Crippen LogP contribution in [0.4, 0.5) is 4.39 Å². The number of likely N-dealkylation sites (tertiary alicyclic amines) is 1. The van der Waals surface area contributed by atoms with Crippen LogP contribution in [0.3, 0.4) is 0 Å². The van der Waals surface area contributed by atoms with Gasteiger partial charge in [0.1, 0.15) is 5.82 Å². The first-order valence-electron chi connectivity index (χ1n) is 9.30. The molecule has 2 aromatic rings. The van der Waals surface area contributed by atoms with Gasteiger partial charge in [-0.2, -0.15) is 12.6 Å². The number of halogens is 2. The molecule has 148 valence electrons. The molecule has 4 nitrogen and oxygen atoms in total. The van der Waals surface area contributed by atoms with E-state index in [-0.39, 0.29) is 35.2 Å². The third-order valence-electron chi connectivity index (χ3n) is 5.23. The number of aromatic nitrogens is 2. The quantitative estimate of drug-likeness (QED) is 0.739. The molecule has 1 aromatic carbocycles. The number of benzene rings is 1. The summed E-state index contributed by atoms with van der Waals surface area (Å²) in [6, 6.07) is 6.10. The number of nitrogens with zero attached hydrogens (tertiary/aromatic N) is 3. The van der Waals surface area contributed by atoms with Crippen LogP contribution in [0.5, 0.6) is 0 Å². The van der Waals surface area contributed by atoms with E-state index in [9.17, 15) is 9.18 Å². The normalized spacial score (nSPS) is 22.5. The van der Waals surface area contributed by atoms with Crippen molar-refractivity contribution in [1.82, 2.24) is 14.9 Å². The maximum absolute atomic E-state index is 14.5. The number of rotatable bonds is 5. The Kier molecular flexibility index (Phi) is 6.86. The number of hydrogen-bond acceptors (Lipinski definition) is 5. The van der Waals surface area contributed by atoms with Crippen LogP contribution in [-0.2, 0) is 4.79 Å². The zero-order valence-electron chi connectivity index (χ0n) is 15.4. The standard InChI is InChI=1S/C21H22FN3OS.ClH/c22-18-4-2-1-3-17(18)20(21(26)14-5-6-14)25-10-7-19(27)15(13-25)11-16-12-23-8-9-24-16;/h1-4,8-9,11-12,14,19-20,27H,5-7,10,13H2;1H/b15-11-;. The van der Waals surface area contributed by atoms with Crippen molar-refractivity contribution in [3.05, 3.63) is 65.5 Å². The van der Waals surface area contributed by atoms with Gasteiger partial charge in [0.05, 0.1) is 17.9 Å². The van der Waals surface area contributed by atoms with Gasteiger partial charge in [-0.1, -0.05) is 18.2 Å². The minimum atomic E-state index is -0.537. The summed E-state index contributed by atoms with van der Waals surface area (Å²) in [5.74, 6) is -0.115. The summed E-state index contributed by atoms with van der Waals surface area (Å²) in [4.78, 5) is 23.5. The molecule has 1 saturated carbocycles. The van der Waals surface area contributed by atoms with Crippen molar-refractivity contribution >= 4 is 36.9 Å². The minimum Gasteiger partial charge on any atom is -0.297 e. The molecule has 2 aliphatic rings. The van der Waals surface area contributed by atoms with Gasteiger partial charge in [-0.25, -0.2) is 4.39 Å². The summed E-state index contributed by atoms with van der Waals surface area (Å²) >= 11 is 4.71. The Hall–Kier alpha value is -1.76. The van der Waals surface area contributed by atoms with E-state index in [1.807, 2.05) is 6.08 Å². The summed E-state index contributed by atoms with van der Waals surface area (Å²) < 4.78 is 14.5. The average Bonchev–Trinajstić information content (AvgIpc) is 3.52. The molecule has 0 N–H and O–H groups in total. The smallest absolute Gasteiger partial charge is 0.157 e. The molecule has 2 unspecified atom stereocenters. The number of carbonyl (C=O) groups excluding carboxylic acids is 1. The van der Waals surface area contributed by atoms with Crippen molar-refractivity contribution < 1.29 is 9.18 Å². The van der Waals surface area contributed by atoms with Crippen molar-refractivity contribution in [1.29, 1.82) is 0 Å². The number of carbonyl (C=O) groups is 1. The second-order valence-corrected chi connectivity index (χ2v) is 7.85. The van der Waals surface area contributed by atoms with Gasteiger partial charge in [0.2, 0.25) is 0 Å². The maximum Gasteiger partial charge on any atom is 0.157 e. The average molecular weight is 420 g/mol. The van der Waals surface area contributed by atoms with Crippen LogP contribution in [0, 0.1) is 11.7 Å². The van der Waals surface area contributed by atoms with Gasteiger partial charge in [-0.3, -0.25) is 19.7 Å². The summed E-state index contributed by atoms with van der Waals surface area (Å²) in [5, 5.41) is 0.0977. The Morgan fingerprint density at radius 1 is 1.25 bits per heavy atom. The Balaban J connectivity index is 0.00000225. The fourth-order valence-electron chi connectivity index (χ4n) is 3.65. The molecule has 7 heteroatoms. The van der Waals surface area contributed by atoms with E-state index in [0.717, 1.165) is 30.5 Å². The lowest BCUT2D eigenvalue weighted by Gasteiger charge is -2.37. The SMILES string of the molecule is Cl.O=C(C1CC1)C(c1ccccc1F)N1CCC(S)/C(=C\c2cnccn2)C1. The van der Waals surface area contributed by atoms with Gasteiger partial charge in [-0.05, 0) is 37.0 Å². The molecule has 1 aliphatic carbocycles. The lowest BCUT2D eigenvalue weighted by molar-refractivity contribution is -0.126. The first-order chi connectivity index (χ1) is 13.1. The molecule has 0 spiro atoms. The fraction of sp³-hybridized carbons (Fsp3) is 0.381. The van der Waals surface area contributed by atoms with Crippen molar-refractivity contribution in [3.63, 3.8) is 0 Å². The molecule has 2 heterocycles. The predicted molar refractivity (Wildman–Crippen MR) is 113 cm³/mol. The summed E-state index contributed by atoms with van der Waals surface area (Å²) in [6.07, 6.45) is 9.60. The molecule has 2 fully saturated rings. The fourth-order valence-corrected chi connectivity index (χ4v) is 3.92. The lowest BCUT2D eigenvalue weighted by Crippen LogP contribution is -2.42. The topological polar surface area (TPSA) is 46.1 Å². The molecule has 1 aliphatic heterocycles. The van der Waals surface area contributed by atoms with Crippen LogP contribution >= 0.6 is 25.0 Å². The zero-order valence-corrected chi connectivity index (χ0v) is 17.1. The monoisotopic (exact) mass is 419 g/mol. The van der Waals surface area contributed by atoms with Gasteiger partial charge in [0.15, 0.2) is 5.78 Å². The number of hydrogen-bond donors (Lipinski definition) is 1. The number of thiol groups is 1. The Morgan fingerprint density at radius 2 is 2.04 bits per heavy atom. The van der Waals surface area contributed by atoms with Crippen LogP contribution < -0.4 is 0 Å². The molecule has 1 aromatic heterocycles. The highest BCUT2D eigenvalue weighted by molar-refractivity contribution is 7.81. The van der Waals surface area contributed by atoms with E-state index in [4.69, 9.17) is 12.6 Å². The number of piperidine rings is 1. The molecule has 28 heavy (non-hydrogen) atoms. The number of ketones is 1. The number of Topliss-reactive ketones (excluding diaryl/α,β-unsaturated/α-hetero) is 1. The predicted octanol–water partition coefficient (Wildman–Crippen LogP) is 4.15. The second-order valence-electron chi connectivity index (χ2n) is 7.23. The van der Waals surface area contributed by atoms with Gasteiger partial charge < -0.3 is 0 Å². The van der Waals surface area contributed by atoms with E-state index in [1.165, 1.54) is 6.07 Å². The minimum absolute atomic E-state index is 0. The Bertz CT molecular complexity index is 860. The van der Waals surface area contributed by atoms with Crippen molar-refractivity contribution in [2.24, 2.45) is 5.92 Å². The lowest BCUT2D eigenvalue weighted by atomic mass is 9.93. The van der Waals surface area contributed by atoms with Crippen LogP contribution in [-0.4, -0.2) is 39.0 Å². The van der Waals surface area contributed by atoms with Gasteiger partial charge >= 0.3 is 0 Å². The van der Waals surface area contributed by atoms with Crippen LogP contribution in [0.15, 0.2) is 48.4 Å². The second kappa shape index (κ2) is 9.16. The molecular weight excluding hydrogens is 397 g/mol. The third kappa shape index (κ3) is 4.62.